The van der Waals surface area contributed by atoms with E-state index in [0.29, 0.717) is 0 Å². The Kier molecular flexibility index (Phi) is 4.82. The molecule has 0 saturated carbocycles. The van der Waals surface area contributed by atoms with Crippen LogP contribution in [0.25, 0.3) is 0 Å². The van der Waals surface area contributed by atoms with Crippen LogP contribution < -0.4 is 5.32 Å². The van der Waals surface area contributed by atoms with Gasteiger partial charge in [0.25, 0.3) is 5.91 Å². The van der Waals surface area contributed by atoms with Crippen molar-refractivity contribution in [3.63, 3.8) is 0 Å². The molecule has 1 aromatic rings. The first-order valence-electron chi connectivity index (χ1n) is 5.35. The highest BCUT2D eigenvalue weighted by atomic mass is 16.5. The molecule has 0 unspecified atom stereocenters. The van der Waals surface area contributed by atoms with Crippen LogP contribution >= 0.6 is 0 Å². The number of nitrogens with one attached hydrogen (secondary N) is 1. The van der Waals surface area contributed by atoms with Gasteiger partial charge in [0, 0.05) is 11.6 Å². The van der Waals surface area contributed by atoms with Gasteiger partial charge in [0.05, 0.1) is 18.4 Å². The van der Waals surface area contributed by atoms with Crippen LogP contribution in [0.4, 0.5) is 5.69 Å². The molecule has 0 spiro atoms. The molecule has 0 saturated heterocycles. The van der Waals surface area contributed by atoms with Gasteiger partial charge in [0.2, 0.25) is 0 Å². The SMILES string of the molecule is COC(=O)c1ccccc1NC(=O)/C(C)=C/C(=O)O. The molecular formula is C13H13NO5. The van der Waals surface area contributed by atoms with Crippen LogP contribution in [-0.2, 0) is 14.3 Å². The van der Waals surface area contributed by atoms with E-state index in [9.17, 15) is 14.4 Å². The molecule has 0 fully saturated rings. The minimum absolute atomic E-state index is 0.0205. The fraction of sp³-hybridized carbons (Fsp3) is 0.154. The quantitative estimate of drug-likeness (QED) is 0.633. The number of carboxylic acid groups (broad SMARTS) is 1. The monoisotopic (exact) mass is 263 g/mol. The maximum atomic E-state index is 11.7. The maximum absolute atomic E-state index is 11.7. The highest BCUT2D eigenvalue weighted by molar-refractivity contribution is 6.09. The number of methoxy groups -OCH3 is 1. The fourth-order valence-corrected chi connectivity index (χ4v) is 1.35. The van der Waals surface area contributed by atoms with Gasteiger partial charge in [-0.3, -0.25) is 4.79 Å². The van der Waals surface area contributed by atoms with Gasteiger partial charge < -0.3 is 15.2 Å². The number of ether oxygens (including phenoxy) is 1. The number of carboxylic acids is 1. The summed E-state index contributed by atoms with van der Waals surface area (Å²) in [6, 6.07) is 6.29. The lowest BCUT2D eigenvalue weighted by atomic mass is 10.1. The van der Waals surface area contributed by atoms with Crippen molar-refractivity contribution in [1.29, 1.82) is 0 Å². The number of aliphatic carboxylic acids is 1. The molecule has 0 aliphatic carbocycles. The van der Waals surface area contributed by atoms with E-state index in [1.54, 1.807) is 12.1 Å². The number of hydrogen-bond donors (Lipinski definition) is 2. The molecule has 100 valence electrons. The third-order valence-corrected chi connectivity index (χ3v) is 2.28. The predicted octanol–water partition coefficient (Wildman–Crippen LogP) is 1.44. The predicted molar refractivity (Wildman–Crippen MR) is 67.8 cm³/mol. The van der Waals surface area contributed by atoms with E-state index in [1.165, 1.54) is 26.2 Å². The Morgan fingerprint density at radius 2 is 1.89 bits per heavy atom. The van der Waals surface area contributed by atoms with Crippen LogP contribution in [0.2, 0.25) is 0 Å². The molecule has 19 heavy (non-hydrogen) atoms. The summed E-state index contributed by atoms with van der Waals surface area (Å²) in [7, 11) is 1.23. The van der Waals surface area contributed by atoms with Gasteiger partial charge in [-0.1, -0.05) is 12.1 Å². The number of esters is 1. The molecule has 1 amide bonds. The van der Waals surface area contributed by atoms with Gasteiger partial charge >= 0.3 is 11.9 Å². The number of hydrogen-bond acceptors (Lipinski definition) is 4. The second-order valence-electron chi connectivity index (χ2n) is 3.66. The maximum Gasteiger partial charge on any atom is 0.339 e. The Morgan fingerprint density at radius 3 is 2.47 bits per heavy atom. The number of carbonyl (C=O) groups excluding carboxylic acids is 2. The minimum Gasteiger partial charge on any atom is -0.478 e. The minimum atomic E-state index is -1.21. The average molecular weight is 263 g/mol. The summed E-state index contributed by atoms with van der Waals surface area (Å²) in [5, 5.41) is 11.0. The molecule has 0 bridgehead atoms. The summed E-state index contributed by atoms with van der Waals surface area (Å²) in [5.74, 6) is -2.40. The molecule has 6 heteroatoms. The van der Waals surface area contributed by atoms with Crippen molar-refractivity contribution in [3.8, 4) is 0 Å². The van der Waals surface area contributed by atoms with Gasteiger partial charge in [-0.15, -0.1) is 0 Å². The van der Waals surface area contributed by atoms with Crippen molar-refractivity contribution in [2.45, 2.75) is 6.92 Å². The first-order valence-corrected chi connectivity index (χ1v) is 5.35. The van der Waals surface area contributed by atoms with Gasteiger partial charge in [0.15, 0.2) is 0 Å². The molecule has 0 atom stereocenters. The Hall–Kier alpha value is -2.63. The van der Waals surface area contributed by atoms with Crippen molar-refractivity contribution in [1.82, 2.24) is 0 Å². The summed E-state index contributed by atoms with van der Waals surface area (Å²) in [6.07, 6.45) is 0.788. The lowest BCUT2D eigenvalue weighted by molar-refractivity contribution is -0.131. The Morgan fingerprint density at radius 1 is 1.26 bits per heavy atom. The Bertz CT molecular complexity index is 548. The smallest absolute Gasteiger partial charge is 0.339 e. The topological polar surface area (TPSA) is 92.7 Å². The molecule has 0 heterocycles. The summed E-state index contributed by atoms with van der Waals surface area (Å²) >= 11 is 0. The van der Waals surface area contributed by atoms with Crippen LogP contribution in [0.15, 0.2) is 35.9 Å². The molecule has 0 aromatic heterocycles. The highest BCUT2D eigenvalue weighted by Gasteiger charge is 2.14. The Labute approximate surface area is 109 Å². The molecule has 1 aromatic carbocycles. The van der Waals surface area contributed by atoms with Crippen molar-refractivity contribution in [3.05, 3.63) is 41.5 Å². The van der Waals surface area contributed by atoms with Crippen LogP contribution in [0.3, 0.4) is 0 Å². The number of rotatable bonds is 4. The van der Waals surface area contributed by atoms with Crippen LogP contribution in [0, 0.1) is 0 Å². The Balaban J connectivity index is 2.97. The third kappa shape index (κ3) is 3.95. The lowest BCUT2D eigenvalue weighted by Gasteiger charge is -2.09. The zero-order chi connectivity index (χ0) is 14.4. The lowest BCUT2D eigenvalue weighted by Crippen LogP contribution is -2.16. The van der Waals surface area contributed by atoms with Gasteiger partial charge in [-0.05, 0) is 19.1 Å². The van der Waals surface area contributed by atoms with E-state index >= 15 is 0 Å². The van der Waals surface area contributed by atoms with Crippen molar-refractivity contribution >= 4 is 23.5 Å². The number of anilines is 1. The number of amides is 1. The summed E-state index contributed by atoms with van der Waals surface area (Å²) in [6.45, 7) is 1.37. The zero-order valence-electron chi connectivity index (χ0n) is 10.5. The molecule has 6 nitrogen and oxygen atoms in total. The first-order chi connectivity index (χ1) is 8.95. The standard InChI is InChI=1S/C13H13NO5/c1-8(7-11(15)16)12(17)14-10-6-4-3-5-9(10)13(18)19-2/h3-7H,1-2H3,(H,14,17)(H,15,16)/b8-7+. The zero-order valence-corrected chi connectivity index (χ0v) is 10.5. The molecule has 0 aliphatic rings. The molecule has 1 rings (SSSR count). The van der Waals surface area contributed by atoms with Crippen LogP contribution in [0.1, 0.15) is 17.3 Å². The molecule has 0 radical (unpaired) electrons. The van der Waals surface area contributed by atoms with E-state index in [0.717, 1.165) is 6.08 Å². The second kappa shape index (κ2) is 6.34. The fourth-order valence-electron chi connectivity index (χ4n) is 1.35. The molecular weight excluding hydrogens is 250 g/mol. The van der Waals surface area contributed by atoms with Gasteiger partial charge in [-0.25, -0.2) is 9.59 Å². The number of para-hydroxylation sites is 1. The van der Waals surface area contributed by atoms with Crippen molar-refractivity contribution < 1.29 is 24.2 Å². The van der Waals surface area contributed by atoms with E-state index in [2.05, 4.69) is 10.1 Å². The van der Waals surface area contributed by atoms with Crippen LogP contribution in [-0.4, -0.2) is 30.1 Å². The molecule has 0 aliphatic heterocycles. The van der Waals surface area contributed by atoms with Gasteiger partial charge in [-0.2, -0.15) is 0 Å². The second-order valence-corrected chi connectivity index (χ2v) is 3.66. The largest absolute Gasteiger partial charge is 0.478 e. The van der Waals surface area contributed by atoms with E-state index in [-0.39, 0.29) is 16.8 Å². The third-order valence-electron chi connectivity index (χ3n) is 2.28. The number of benzene rings is 1. The normalized spacial score (nSPS) is 10.7. The van der Waals surface area contributed by atoms with Crippen LogP contribution in [0.5, 0.6) is 0 Å². The highest BCUT2D eigenvalue weighted by Crippen LogP contribution is 2.16. The van der Waals surface area contributed by atoms with E-state index in [1.807, 2.05) is 0 Å². The van der Waals surface area contributed by atoms with E-state index in [4.69, 9.17) is 5.11 Å². The summed E-state index contributed by atoms with van der Waals surface area (Å²) < 4.78 is 4.58. The first kappa shape index (κ1) is 14.4. The summed E-state index contributed by atoms with van der Waals surface area (Å²) in [4.78, 5) is 33.7. The average Bonchev–Trinajstić information content (AvgIpc) is 2.37. The summed E-state index contributed by atoms with van der Waals surface area (Å²) in [5.41, 5.74) is 0.478. The molecule has 2 N–H and O–H groups in total. The van der Waals surface area contributed by atoms with Gasteiger partial charge in [0.1, 0.15) is 0 Å². The van der Waals surface area contributed by atoms with E-state index < -0.39 is 17.8 Å². The number of carbonyl (C=O) groups is 3. The van der Waals surface area contributed by atoms with Crippen molar-refractivity contribution in [2.24, 2.45) is 0 Å². The van der Waals surface area contributed by atoms with Crippen molar-refractivity contribution in [2.75, 3.05) is 12.4 Å².